The highest BCUT2D eigenvalue weighted by Gasteiger charge is 2.16. The van der Waals surface area contributed by atoms with Crippen molar-refractivity contribution < 1.29 is 19.1 Å². The summed E-state index contributed by atoms with van der Waals surface area (Å²) in [6.45, 7) is 5.02. The molecule has 0 spiro atoms. The van der Waals surface area contributed by atoms with Crippen molar-refractivity contribution in [3.05, 3.63) is 41.3 Å². The molecule has 2 aromatic heterocycles. The largest absolute Gasteiger partial charge is 0.493 e. The standard InChI is InChI=1S/C20H23N5O4S2/c1-4-25-18(16-7-6-10-30-16)22-24-20(25)31-12-17(26)21-23-19(27)13-8-9-14(29-5-2)15(11-13)28-3/h6-11H,4-5,12H2,1-3H3,(H,21,26)(H,23,27). The zero-order valence-electron chi connectivity index (χ0n) is 17.4. The van der Waals surface area contributed by atoms with Crippen LogP contribution < -0.4 is 20.3 Å². The number of thioether (sulfide) groups is 1. The van der Waals surface area contributed by atoms with Crippen molar-refractivity contribution in [2.45, 2.75) is 25.5 Å². The fraction of sp³-hybridized carbons (Fsp3) is 0.300. The lowest BCUT2D eigenvalue weighted by atomic mass is 10.2. The third-order valence-electron chi connectivity index (χ3n) is 4.15. The molecule has 2 N–H and O–H groups in total. The van der Waals surface area contributed by atoms with Crippen LogP contribution in [0.2, 0.25) is 0 Å². The first-order valence-corrected chi connectivity index (χ1v) is 11.4. The van der Waals surface area contributed by atoms with Crippen LogP contribution in [0.4, 0.5) is 0 Å². The van der Waals surface area contributed by atoms with Crippen LogP contribution in [0.1, 0.15) is 24.2 Å². The molecule has 0 atom stereocenters. The molecule has 0 aliphatic heterocycles. The fourth-order valence-corrected chi connectivity index (χ4v) is 4.24. The molecule has 0 unspecified atom stereocenters. The van der Waals surface area contributed by atoms with Gasteiger partial charge in [0.2, 0.25) is 5.91 Å². The number of hydrogen-bond acceptors (Lipinski definition) is 8. The number of hydrazine groups is 1. The Morgan fingerprint density at radius 1 is 1.16 bits per heavy atom. The van der Waals surface area contributed by atoms with Crippen molar-refractivity contribution in [3.8, 4) is 22.2 Å². The number of nitrogens with zero attached hydrogens (tertiary/aromatic N) is 3. The van der Waals surface area contributed by atoms with Gasteiger partial charge in [0.25, 0.3) is 5.91 Å². The van der Waals surface area contributed by atoms with E-state index in [1.54, 1.807) is 29.5 Å². The number of methoxy groups -OCH3 is 1. The monoisotopic (exact) mass is 461 g/mol. The maximum atomic E-state index is 12.3. The highest BCUT2D eigenvalue weighted by molar-refractivity contribution is 7.99. The third-order valence-corrected chi connectivity index (χ3v) is 5.98. The predicted molar refractivity (Wildman–Crippen MR) is 120 cm³/mol. The summed E-state index contributed by atoms with van der Waals surface area (Å²) in [4.78, 5) is 25.6. The molecule has 31 heavy (non-hydrogen) atoms. The van der Waals surface area contributed by atoms with E-state index in [0.717, 1.165) is 10.7 Å². The number of nitrogens with one attached hydrogen (secondary N) is 2. The van der Waals surface area contributed by atoms with Crippen LogP contribution in [0, 0.1) is 0 Å². The number of carbonyl (C=O) groups excluding carboxylic acids is 2. The number of carbonyl (C=O) groups is 2. The number of hydrogen-bond donors (Lipinski definition) is 2. The first-order valence-electron chi connectivity index (χ1n) is 9.57. The van der Waals surface area contributed by atoms with E-state index in [4.69, 9.17) is 9.47 Å². The molecule has 164 valence electrons. The summed E-state index contributed by atoms with van der Waals surface area (Å²) in [6.07, 6.45) is 0. The van der Waals surface area contributed by atoms with E-state index in [-0.39, 0.29) is 11.7 Å². The minimum absolute atomic E-state index is 0.0788. The summed E-state index contributed by atoms with van der Waals surface area (Å²) in [5.41, 5.74) is 5.15. The molecule has 3 rings (SSSR count). The Morgan fingerprint density at radius 2 is 2.00 bits per heavy atom. The van der Waals surface area contributed by atoms with Gasteiger partial charge in [0.15, 0.2) is 22.5 Å². The summed E-state index contributed by atoms with van der Waals surface area (Å²) in [5.74, 6) is 1.02. The molecule has 2 heterocycles. The topological polar surface area (TPSA) is 107 Å². The van der Waals surface area contributed by atoms with Gasteiger partial charge in [-0.2, -0.15) is 0 Å². The second-order valence-electron chi connectivity index (χ2n) is 6.12. The van der Waals surface area contributed by atoms with Crippen molar-refractivity contribution in [1.82, 2.24) is 25.6 Å². The van der Waals surface area contributed by atoms with Gasteiger partial charge in [0.1, 0.15) is 0 Å². The van der Waals surface area contributed by atoms with Crippen molar-refractivity contribution in [3.63, 3.8) is 0 Å². The minimum atomic E-state index is -0.462. The van der Waals surface area contributed by atoms with Gasteiger partial charge in [-0.25, -0.2) is 0 Å². The van der Waals surface area contributed by atoms with Crippen LogP contribution >= 0.6 is 23.1 Å². The van der Waals surface area contributed by atoms with E-state index in [1.807, 2.05) is 35.9 Å². The van der Waals surface area contributed by atoms with E-state index in [0.29, 0.717) is 35.4 Å². The molecule has 0 radical (unpaired) electrons. The van der Waals surface area contributed by atoms with Crippen LogP contribution in [0.3, 0.4) is 0 Å². The molecule has 0 bridgehead atoms. The molecule has 0 saturated heterocycles. The van der Waals surface area contributed by atoms with Crippen molar-refractivity contribution in [2.75, 3.05) is 19.5 Å². The van der Waals surface area contributed by atoms with Crippen molar-refractivity contribution in [1.29, 1.82) is 0 Å². The highest BCUT2D eigenvalue weighted by atomic mass is 32.2. The predicted octanol–water partition coefficient (Wildman–Crippen LogP) is 2.99. The lowest BCUT2D eigenvalue weighted by Crippen LogP contribution is -2.42. The van der Waals surface area contributed by atoms with Crippen LogP contribution in [0.5, 0.6) is 11.5 Å². The number of aromatic nitrogens is 3. The lowest BCUT2D eigenvalue weighted by Gasteiger charge is -2.11. The second kappa shape index (κ2) is 10.8. The zero-order chi connectivity index (χ0) is 22.2. The molecule has 9 nitrogen and oxygen atoms in total. The lowest BCUT2D eigenvalue weighted by molar-refractivity contribution is -0.119. The molecule has 1 aromatic carbocycles. The van der Waals surface area contributed by atoms with Crippen LogP contribution in [-0.4, -0.2) is 46.0 Å². The van der Waals surface area contributed by atoms with Gasteiger partial charge >= 0.3 is 0 Å². The summed E-state index contributed by atoms with van der Waals surface area (Å²) < 4.78 is 12.6. The smallest absolute Gasteiger partial charge is 0.269 e. The van der Waals surface area contributed by atoms with Gasteiger partial charge in [-0.3, -0.25) is 20.4 Å². The second-order valence-corrected chi connectivity index (χ2v) is 8.01. The zero-order valence-corrected chi connectivity index (χ0v) is 19.0. The molecular weight excluding hydrogens is 438 g/mol. The summed E-state index contributed by atoms with van der Waals surface area (Å²) >= 11 is 2.84. The van der Waals surface area contributed by atoms with E-state index in [2.05, 4.69) is 21.0 Å². The Morgan fingerprint density at radius 3 is 2.68 bits per heavy atom. The fourth-order valence-electron chi connectivity index (χ4n) is 2.72. The molecule has 0 fully saturated rings. The SMILES string of the molecule is CCOc1ccc(C(=O)NNC(=O)CSc2nnc(-c3cccs3)n2CC)cc1OC. The van der Waals surface area contributed by atoms with Gasteiger partial charge in [-0.1, -0.05) is 17.8 Å². The summed E-state index contributed by atoms with van der Waals surface area (Å²) in [7, 11) is 1.50. The Hall–Kier alpha value is -3.05. The maximum absolute atomic E-state index is 12.3. The highest BCUT2D eigenvalue weighted by Crippen LogP contribution is 2.28. The Bertz CT molecular complexity index is 1040. The van der Waals surface area contributed by atoms with Gasteiger partial charge in [-0.05, 0) is 43.5 Å². The van der Waals surface area contributed by atoms with E-state index < -0.39 is 5.91 Å². The Labute approximate surface area is 188 Å². The molecule has 0 saturated carbocycles. The van der Waals surface area contributed by atoms with Crippen molar-refractivity contribution >= 4 is 34.9 Å². The summed E-state index contributed by atoms with van der Waals surface area (Å²) in [6, 6.07) is 8.74. The van der Waals surface area contributed by atoms with Gasteiger partial charge in [0, 0.05) is 12.1 Å². The minimum Gasteiger partial charge on any atom is -0.493 e. The third kappa shape index (κ3) is 5.56. The Balaban J connectivity index is 1.54. The summed E-state index contributed by atoms with van der Waals surface area (Å²) in [5, 5.41) is 11.0. The molecule has 2 amide bonds. The Kier molecular flexibility index (Phi) is 7.90. The average molecular weight is 462 g/mol. The molecule has 0 aliphatic carbocycles. The molecule has 0 aliphatic rings. The van der Waals surface area contributed by atoms with Crippen LogP contribution in [-0.2, 0) is 11.3 Å². The number of ether oxygens (including phenoxy) is 2. The van der Waals surface area contributed by atoms with Gasteiger partial charge in [0.05, 0.1) is 24.3 Å². The van der Waals surface area contributed by atoms with Crippen LogP contribution in [0.15, 0.2) is 40.9 Å². The normalized spacial score (nSPS) is 10.5. The first kappa shape index (κ1) is 22.6. The number of thiophene rings is 1. The van der Waals surface area contributed by atoms with Crippen LogP contribution in [0.25, 0.3) is 10.7 Å². The van der Waals surface area contributed by atoms with E-state index in [9.17, 15) is 9.59 Å². The van der Waals surface area contributed by atoms with Gasteiger partial charge in [-0.15, -0.1) is 21.5 Å². The quantitative estimate of drug-likeness (QED) is 0.373. The number of amides is 2. The van der Waals surface area contributed by atoms with E-state index in [1.165, 1.54) is 18.9 Å². The average Bonchev–Trinajstić information content (AvgIpc) is 3.45. The number of rotatable bonds is 9. The molecular formula is C20H23N5O4S2. The van der Waals surface area contributed by atoms with Crippen molar-refractivity contribution in [2.24, 2.45) is 0 Å². The number of benzene rings is 1. The van der Waals surface area contributed by atoms with Gasteiger partial charge < -0.3 is 14.0 Å². The molecule has 11 heteroatoms. The van der Waals surface area contributed by atoms with E-state index >= 15 is 0 Å². The molecule has 3 aromatic rings. The first-order chi connectivity index (χ1) is 15.1. The maximum Gasteiger partial charge on any atom is 0.269 e.